The maximum Gasteiger partial charge on any atom is 0.0726 e. The van der Waals surface area contributed by atoms with Gasteiger partial charge >= 0.3 is 0 Å². The first-order valence-corrected chi connectivity index (χ1v) is 19.1. The smallest absolute Gasteiger partial charge is 0.0726 e. The first kappa shape index (κ1) is 31.1. The fourth-order valence-corrected chi connectivity index (χ4v) is 10.1. The lowest BCUT2D eigenvalue weighted by Crippen LogP contribution is -2.26. The molecular formula is C53H39N. The average molecular weight is 690 g/mol. The predicted molar refractivity (Wildman–Crippen MR) is 225 cm³/mol. The van der Waals surface area contributed by atoms with E-state index in [1.165, 1.54) is 83.5 Å². The highest BCUT2D eigenvalue weighted by molar-refractivity contribution is 5.96. The van der Waals surface area contributed by atoms with E-state index in [9.17, 15) is 0 Å². The lowest BCUT2D eigenvalue weighted by molar-refractivity contribution is 0.660. The van der Waals surface area contributed by atoms with Crippen LogP contribution in [0.25, 0.3) is 44.5 Å². The van der Waals surface area contributed by atoms with Crippen LogP contribution in [-0.2, 0) is 10.8 Å². The van der Waals surface area contributed by atoms with E-state index in [4.69, 9.17) is 0 Å². The van der Waals surface area contributed by atoms with Crippen LogP contribution in [0.15, 0.2) is 182 Å². The van der Waals surface area contributed by atoms with Gasteiger partial charge in [-0.25, -0.2) is 0 Å². The van der Waals surface area contributed by atoms with Gasteiger partial charge in [0.15, 0.2) is 0 Å². The molecule has 1 heteroatoms. The minimum Gasteiger partial charge on any atom is -0.310 e. The van der Waals surface area contributed by atoms with Gasteiger partial charge in [0.25, 0.3) is 0 Å². The van der Waals surface area contributed by atoms with Crippen LogP contribution < -0.4 is 4.90 Å². The summed E-state index contributed by atoms with van der Waals surface area (Å²) < 4.78 is 0. The molecule has 0 bridgehead atoms. The third-order valence-electron chi connectivity index (χ3n) is 12.5. The quantitative estimate of drug-likeness (QED) is 0.178. The van der Waals surface area contributed by atoms with Crippen molar-refractivity contribution in [1.82, 2.24) is 0 Å². The van der Waals surface area contributed by atoms with Crippen molar-refractivity contribution in [3.63, 3.8) is 0 Å². The molecule has 0 N–H and O–H groups in total. The number of aryl methyl sites for hydroxylation is 1. The van der Waals surface area contributed by atoms with Crippen LogP contribution in [-0.4, -0.2) is 0 Å². The molecule has 0 fully saturated rings. The molecule has 0 radical (unpaired) electrons. The van der Waals surface area contributed by atoms with E-state index in [0.717, 1.165) is 17.1 Å². The molecular weight excluding hydrogens is 651 g/mol. The van der Waals surface area contributed by atoms with Crippen LogP contribution >= 0.6 is 0 Å². The van der Waals surface area contributed by atoms with Crippen molar-refractivity contribution in [3.8, 4) is 44.5 Å². The predicted octanol–water partition coefficient (Wildman–Crippen LogP) is 13.8. The van der Waals surface area contributed by atoms with Crippen molar-refractivity contribution >= 4 is 17.1 Å². The summed E-state index contributed by atoms with van der Waals surface area (Å²) in [6.45, 7) is 6.90. The highest BCUT2D eigenvalue weighted by Gasteiger charge is 2.51. The molecule has 8 aromatic carbocycles. The van der Waals surface area contributed by atoms with E-state index in [-0.39, 0.29) is 5.41 Å². The van der Waals surface area contributed by atoms with Gasteiger partial charge in [-0.3, -0.25) is 0 Å². The number of rotatable bonds is 4. The second-order valence-electron chi connectivity index (χ2n) is 15.8. The molecule has 0 unspecified atom stereocenters. The number of anilines is 3. The summed E-state index contributed by atoms with van der Waals surface area (Å²) in [6.07, 6.45) is 0. The summed E-state index contributed by atoms with van der Waals surface area (Å²) >= 11 is 0. The summed E-state index contributed by atoms with van der Waals surface area (Å²) in [6, 6.07) is 68.3. The first-order chi connectivity index (χ1) is 26.4. The number of hydrogen-bond donors (Lipinski definition) is 0. The molecule has 11 rings (SSSR count). The van der Waals surface area contributed by atoms with Gasteiger partial charge < -0.3 is 4.90 Å². The van der Waals surface area contributed by atoms with Gasteiger partial charge in [0.1, 0.15) is 0 Å². The maximum absolute atomic E-state index is 2.50. The molecule has 3 aliphatic carbocycles. The Balaban J connectivity index is 1.15. The molecule has 0 amide bonds. The van der Waals surface area contributed by atoms with Crippen molar-refractivity contribution < 1.29 is 0 Å². The topological polar surface area (TPSA) is 3.24 Å². The van der Waals surface area contributed by atoms with Crippen molar-refractivity contribution in [1.29, 1.82) is 0 Å². The van der Waals surface area contributed by atoms with E-state index in [1.54, 1.807) is 0 Å². The van der Waals surface area contributed by atoms with Crippen LogP contribution in [0.3, 0.4) is 0 Å². The Morgan fingerprint density at radius 1 is 0.333 bits per heavy atom. The average Bonchev–Trinajstić information content (AvgIpc) is 3.77. The Bertz CT molecular complexity index is 2750. The van der Waals surface area contributed by atoms with Gasteiger partial charge in [0, 0.05) is 22.5 Å². The standard InChI is InChI=1S/C53H39N/c1-34-13-12-14-36(31-34)35-23-25-37(26-24-35)54(38-27-29-44-40-15-4-8-19-46(40)52(2,3)50(44)32-38)39-28-30-45-43-18-7-11-22-49(43)53(51(45)33-39)47-20-9-5-16-41(47)42-17-6-10-21-48(42)53/h4-33H,1-3H3. The van der Waals surface area contributed by atoms with Crippen LogP contribution in [0.2, 0.25) is 0 Å². The molecule has 0 atom stereocenters. The molecule has 3 aliphatic rings. The number of nitrogens with zero attached hydrogens (tertiary/aromatic N) is 1. The fourth-order valence-electron chi connectivity index (χ4n) is 10.1. The lowest BCUT2D eigenvalue weighted by atomic mass is 9.70. The minimum absolute atomic E-state index is 0.108. The Kier molecular flexibility index (Phi) is 6.50. The zero-order valence-corrected chi connectivity index (χ0v) is 30.8. The maximum atomic E-state index is 2.50. The summed E-state index contributed by atoms with van der Waals surface area (Å²) in [4.78, 5) is 2.48. The summed E-state index contributed by atoms with van der Waals surface area (Å²) in [7, 11) is 0. The molecule has 0 saturated heterocycles. The van der Waals surface area contributed by atoms with Gasteiger partial charge in [-0.2, -0.15) is 0 Å². The Hall–Kier alpha value is -6.44. The Morgan fingerprint density at radius 3 is 1.33 bits per heavy atom. The van der Waals surface area contributed by atoms with Crippen LogP contribution in [0.4, 0.5) is 17.1 Å². The van der Waals surface area contributed by atoms with Gasteiger partial charge in [-0.1, -0.05) is 165 Å². The first-order valence-electron chi connectivity index (χ1n) is 19.1. The largest absolute Gasteiger partial charge is 0.310 e. The molecule has 0 saturated carbocycles. The van der Waals surface area contributed by atoms with Crippen molar-refractivity contribution in [2.24, 2.45) is 0 Å². The molecule has 1 spiro atoms. The van der Waals surface area contributed by atoms with Gasteiger partial charge in [0.2, 0.25) is 0 Å². The van der Waals surface area contributed by atoms with E-state index in [0.29, 0.717) is 0 Å². The Morgan fingerprint density at radius 2 is 0.778 bits per heavy atom. The third kappa shape index (κ3) is 4.15. The SMILES string of the molecule is Cc1cccc(-c2ccc(N(c3ccc4c(c3)C(C)(C)c3ccccc3-4)c3ccc4c(c3)C3(c5ccccc5-c5ccccc53)c3ccccc3-4)cc2)c1. The normalized spacial score (nSPS) is 14.5. The second-order valence-corrected chi connectivity index (χ2v) is 15.8. The highest BCUT2D eigenvalue weighted by Crippen LogP contribution is 2.63. The monoisotopic (exact) mass is 689 g/mol. The number of fused-ring (bicyclic) bond motifs is 13. The molecule has 0 aromatic heterocycles. The summed E-state index contributed by atoms with van der Waals surface area (Å²) in [5.41, 5.74) is 22.8. The van der Waals surface area contributed by atoms with E-state index < -0.39 is 5.41 Å². The molecule has 0 aliphatic heterocycles. The zero-order chi connectivity index (χ0) is 36.2. The molecule has 256 valence electrons. The lowest BCUT2D eigenvalue weighted by Gasteiger charge is -2.32. The second kappa shape index (κ2) is 11.3. The van der Waals surface area contributed by atoms with Gasteiger partial charge in [-0.15, -0.1) is 0 Å². The van der Waals surface area contributed by atoms with Crippen molar-refractivity contribution in [2.75, 3.05) is 4.90 Å². The molecule has 8 aromatic rings. The van der Waals surface area contributed by atoms with Crippen molar-refractivity contribution in [2.45, 2.75) is 31.6 Å². The number of benzene rings is 8. The Labute approximate surface area is 317 Å². The number of hydrogen-bond acceptors (Lipinski definition) is 1. The van der Waals surface area contributed by atoms with Crippen molar-refractivity contribution in [3.05, 3.63) is 221 Å². The summed E-state index contributed by atoms with van der Waals surface area (Å²) in [5.74, 6) is 0. The summed E-state index contributed by atoms with van der Waals surface area (Å²) in [5, 5.41) is 0. The van der Waals surface area contributed by atoms with Gasteiger partial charge in [0.05, 0.1) is 5.41 Å². The fraction of sp³-hybridized carbons (Fsp3) is 0.0943. The molecule has 1 nitrogen and oxygen atoms in total. The third-order valence-corrected chi connectivity index (χ3v) is 12.5. The highest BCUT2D eigenvalue weighted by atomic mass is 15.1. The van der Waals surface area contributed by atoms with E-state index >= 15 is 0 Å². The van der Waals surface area contributed by atoms with Crippen LogP contribution in [0, 0.1) is 6.92 Å². The molecule has 54 heavy (non-hydrogen) atoms. The van der Waals surface area contributed by atoms with E-state index in [1.807, 2.05) is 0 Å². The van der Waals surface area contributed by atoms with Gasteiger partial charge in [-0.05, 0) is 121 Å². The zero-order valence-electron chi connectivity index (χ0n) is 30.8. The van der Waals surface area contributed by atoms with Crippen LogP contribution in [0.1, 0.15) is 52.8 Å². The molecule has 0 heterocycles. The van der Waals surface area contributed by atoms with Crippen LogP contribution in [0.5, 0.6) is 0 Å². The minimum atomic E-state index is -0.405. The van der Waals surface area contributed by atoms with E-state index in [2.05, 4.69) is 208 Å².